The molecule has 0 heterocycles. The van der Waals surface area contributed by atoms with Crippen LogP contribution in [0.5, 0.6) is 0 Å². The fraction of sp³-hybridized carbons (Fsp3) is 0.682. The smallest absolute Gasteiger partial charge is 0.133 e. The van der Waals surface area contributed by atoms with E-state index in [0.717, 1.165) is 31.6 Å². The summed E-state index contributed by atoms with van der Waals surface area (Å²) in [5, 5.41) is 0. The summed E-state index contributed by atoms with van der Waals surface area (Å²) in [7, 11) is 0. The molecule has 1 aromatic rings. The number of benzene rings is 1. The van der Waals surface area contributed by atoms with Crippen LogP contribution in [0.15, 0.2) is 18.2 Å². The number of carbonyl (C=O) groups is 1. The second-order valence-electron chi connectivity index (χ2n) is 8.14. The van der Waals surface area contributed by atoms with E-state index in [9.17, 15) is 4.79 Å². The first-order valence-electron chi connectivity index (χ1n) is 9.42. The molecule has 0 aromatic heterocycles. The van der Waals surface area contributed by atoms with E-state index in [1.165, 1.54) is 23.1 Å². The summed E-state index contributed by atoms with van der Waals surface area (Å²) in [5.74, 6) is 2.31. The van der Waals surface area contributed by atoms with E-state index in [2.05, 4.69) is 59.7 Å². The Morgan fingerprint density at radius 1 is 0.783 bits per heavy atom. The highest BCUT2D eigenvalue weighted by atomic mass is 16.1. The van der Waals surface area contributed by atoms with Crippen molar-refractivity contribution < 1.29 is 4.79 Å². The Kier molecular flexibility index (Phi) is 8.58. The van der Waals surface area contributed by atoms with Crippen molar-refractivity contribution in [2.24, 2.45) is 11.8 Å². The molecule has 130 valence electrons. The number of Topliss-reactive ketones (excluding diaryl/α,β-unsaturated/α-hetero) is 1. The van der Waals surface area contributed by atoms with Crippen LogP contribution in [0.1, 0.15) is 89.8 Å². The van der Waals surface area contributed by atoms with Gasteiger partial charge >= 0.3 is 0 Å². The number of aryl methyl sites for hydroxylation is 2. The molecule has 0 amide bonds. The minimum Gasteiger partial charge on any atom is -0.300 e. The SMILES string of the molecule is CC(C)CCC(=O)CCc1cc(CCC(C)C)cc(C(C)C)c1. The molecule has 1 rings (SSSR count). The maximum Gasteiger partial charge on any atom is 0.133 e. The average molecular weight is 317 g/mol. The number of hydrogen-bond acceptors (Lipinski definition) is 1. The summed E-state index contributed by atoms with van der Waals surface area (Å²) >= 11 is 0. The quantitative estimate of drug-likeness (QED) is 0.492. The molecular weight excluding hydrogens is 280 g/mol. The fourth-order valence-corrected chi connectivity index (χ4v) is 2.73. The van der Waals surface area contributed by atoms with Gasteiger partial charge in [0.15, 0.2) is 0 Å². The van der Waals surface area contributed by atoms with E-state index in [1.54, 1.807) is 0 Å². The van der Waals surface area contributed by atoms with Gasteiger partial charge in [-0.15, -0.1) is 0 Å². The van der Waals surface area contributed by atoms with Crippen LogP contribution in [0.4, 0.5) is 0 Å². The van der Waals surface area contributed by atoms with Gasteiger partial charge in [-0.05, 0) is 60.1 Å². The first-order valence-corrected chi connectivity index (χ1v) is 9.42. The zero-order chi connectivity index (χ0) is 17.4. The van der Waals surface area contributed by atoms with Crippen molar-refractivity contribution in [3.8, 4) is 0 Å². The Hall–Kier alpha value is -1.11. The van der Waals surface area contributed by atoms with Gasteiger partial charge in [-0.3, -0.25) is 4.79 Å². The van der Waals surface area contributed by atoms with Gasteiger partial charge in [0.25, 0.3) is 0 Å². The molecule has 0 fully saturated rings. The Labute approximate surface area is 143 Å². The van der Waals surface area contributed by atoms with Crippen LogP contribution in [0, 0.1) is 11.8 Å². The maximum absolute atomic E-state index is 12.0. The molecule has 0 aliphatic heterocycles. The average Bonchev–Trinajstić information content (AvgIpc) is 2.48. The van der Waals surface area contributed by atoms with Crippen LogP contribution in [0.3, 0.4) is 0 Å². The van der Waals surface area contributed by atoms with Crippen molar-refractivity contribution in [3.63, 3.8) is 0 Å². The van der Waals surface area contributed by atoms with Crippen LogP contribution in [-0.2, 0) is 17.6 Å². The third-order valence-corrected chi connectivity index (χ3v) is 4.44. The summed E-state index contributed by atoms with van der Waals surface area (Å²) in [6.07, 6.45) is 5.72. The third kappa shape index (κ3) is 8.34. The summed E-state index contributed by atoms with van der Waals surface area (Å²) in [6, 6.07) is 6.99. The standard InChI is InChI=1S/C22H36O/c1-16(2)7-9-19-13-20(15-21(14-19)18(5)6)10-12-22(23)11-8-17(3)4/h13-18H,7-12H2,1-6H3. The van der Waals surface area contributed by atoms with E-state index in [4.69, 9.17) is 0 Å². The van der Waals surface area contributed by atoms with Gasteiger partial charge in [-0.1, -0.05) is 59.7 Å². The lowest BCUT2D eigenvalue weighted by atomic mass is 9.92. The normalized spacial score (nSPS) is 11.7. The predicted molar refractivity (Wildman–Crippen MR) is 101 cm³/mol. The van der Waals surface area contributed by atoms with Crippen molar-refractivity contribution in [2.75, 3.05) is 0 Å². The molecule has 1 heteroatoms. The van der Waals surface area contributed by atoms with E-state index in [0.29, 0.717) is 24.0 Å². The number of hydrogen-bond donors (Lipinski definition) is 0. The van der Waals surface area contributed by atoms with Gasteiger partial charge in [0, 0.05) is 12.8 Å². The van der Waals surface area contributed by atoms with Gasteiger partial charge in [0.2, 0.25) is 0 Å². The van der Waals surface area contributed by atoms with Crippen LogP contribution < -0.4 is 0 Å². The largest absolute Gasteiger partial charge is 0.300 e. The Morgan fingerprint density at radius 2 is 1.35 bits per heavy atom. The van der Waals surface area contributed by atoms with Crippen LogP contribution in [0.25, 0.3) is 0 Å². The minimum atomic E-state index is 0.414. The molecule has 0 unspecified atom stereocenters. The lowest BCUT2D eigenvalue weighted by Gasteiger charge is -2.13. The molecule has 1 aromatic carbocycles. The van der Waals surface area contributed by atoms with Gasteiger partial charge in [0.1, 0.15) is 5.78 Å². The summed E-state index contributed by atoms with van der Waals surface area (Å²) in [6.45, 7) is 13.4. The molecule has 23 heavy (non-hydrogen) atoms. The molecule has 0 saturated heterocycles. The molecule has 0 radical (unpaired) electrons. The topological polar surface area (TPSA) is 17.1 Å². The van der Waals surface area contributed by atoms with Crippen molar-refractivity contribution in [1.29, 1.82) is 0 Å². The van der Waals surface area contributed by atoms with Crippen molar-refractivity contribution in [2.45, 2.75) is 86.0 Å². The highest BCUT2D eigenvalue weighted by Crippen LogP contribution is 2.22. The second-order valence-corrected chi connectivity index (χ2v) is 8.14. The Morgan fingerprint density at radius 3 is 1.87 bits per heavy atom. The van der Waals surface area contributed by atoms with Gasteiger partial charge in [-0.2, -0.15) is 0 Å². The molecular formula is C22H36O. The molecule has 1 nitrogen and oxygen atoms in total. The molecule has 0 aliphatic rings. The van der Waals surface area contributed by atoms with Crippen molar-refractivity contribution >= 4 is 5.78 Å². The Balaban J connectivity index is 2.70. The molecule has 0 saturated carbocycles. The molecule has 0 spiro atoms. The van der Waals surface area contributed by atoms with Gasteiger partial charge < -0.3 is 0 Å². The van der Waals surface area contributed by atoms with E-state index < -0.39 is 0 Å². The molecule has 0 aliphatic carbocycles. The third-order valence-electron chi connectivity index (χ3n) is 4.44. The first kappa shape index (κ1) is 19.9. The number of carbonyl (C=O) groups excluding carboxylic acids is 1. The molecule has 0 bridgehead atoms. The highest BCUT2D eigenvalue weighted by molar-refractivity contribution is 5.78. The van der Waals surface area contributed by atoms with Crippen LogP contribution >= 0.6 is 0 Å². The van der Waals surface area contributed by atoms with E-state index in [1.807, 2.05) is 0 Å². The zero-order valence-electron chi connectivity index (χ0n) is 16.1. The fourth-order valence-electron chi connectivity index (χ4n) is 2.73. The van der Waals surface area contributed by atoms with E-state index in [-0.39, 0.29) is 0 Å². The maximum atomic E-state index is 12.0. The van der Waals surface area contributed by atoms with Crippen LogP contribution in [-0.4, -0.2) is 5.78 Å². The van der Waals surface area contributed by atoms with Crippen LogP contribution in [0.2, 0.25) is 0 Å². The Bertz CT molecular complexity index is 483. The summed E-state index contributed by atoms with van der Waals surface area (Å²) in [4.78, 5) is 12.0. The van der Waals surface area contributed by atoms with Crippen molar-refractivity contribution in [1.82, 2.24) is 0 Å². The van der Waals surface area contributed by atoms with E-state index >= 15 is 0 Å². The monoisotopic (exact) mass is 316 g/mol. The second kappa shape index (κ2) is 9.90. The summed E-state index contributed by atoms with van der Waals surface area (Å²) < 4.78 is 0. The highest BCUT2D eigenvalue weighted by Gasteiger charge is 2.08. The van der Waals surface area contributed by atoms with Gasteiger partial charge in [-0.25, -0.2) is 0 Å². The lowest BCUT2D eigenvalue weighted by molar-refractivity contribution is -0.119. The molecule has 0 atom stereocenters. The summed E-state index contributed by atoms with van der Waals surface area (Å²) in [5.41, 5.74) is 4.19. The minimum absolute atomic E-state index is 0.414. The van der Waals surface area contributed by atoms with Crippen molar-refractivity contribution in [3.05, 3.63) is 34.9 Å². The molecule has 0 N–H and O–H groups in total. The lowest BCUT2D eigenvalue weighted by Crippen LogP contribution is -2.04. The first-order chi connectivity index (χ1) is 10.8. The predicted octanol–water partition coefficient (Wildman–Crippen LogP) is 6.34. The number of rotatable bonds is 10. The number of ketones is 1. The van der Waals surface area contributed by atoms with Gasteiger partial charge in [0.05, 0.1) is 0 Å². The zero-order valence-corrected chi connectivity index (χ0v) is 16.1.